The number of rotatable bonds is 39. The molecule has 0 aromatic rings. The minimum atomic E-state index is -4.66. The minimum Gasteiger partial charge on any atom is -0.756 e. The second kappa shape index (κ2) is 39.6. The molecule has 0 N–H and O–H groups in total. The first-order chi connectivity index (χ1) is 28.0. The molecule has 0 heterocycles. The number of likely N-dealkylation sites (N-methyl/N-ethyl adjacent to an activating group) is 1. The van der Waals surface area contributed by atoms with Crippen molar-refractivity contribution in [3.05, 3.63) is 85.1 Å². The first-order valence-corrected chi connectivity index (χ1v) is 23.8. The molecule has 0 fully saturated rings. The summed E-state index contributed by atoms with van der Waals surface area (Å²) in [6, 6.07) is 0. The van der Waals surface area contributed by atoms with E-state index in [4.69, 9.17) is 18.5 Å². The van der Waals surface area contributed by atoms with Gasteiger partial charge in [0.2, 0.25) is 0 Å². The van der Waals surface area contributed by atoms with Gasteiger partial charge in [-0.25, -0.2) is 0 Å². The third kappa shape index (κ3) is 42.8. The van der Waals surface area contributed by atoms with Crippen LogP contribution in [0.25, 0.3) is 0 Å². The molecule has 332 valence electrons. The first kappa shape index (κ1) is 55.2. The van der Waals surface area contributed by atoms with Crippen LogP contribution in [0.15, 0.2) is 85.1 Å². The average Bonchev–Trinajstić information content (AvgIpc) is 3.17. The smallest absolute Gasteiger partial charge is 0.306 e. The Kier molecular flexibility index (Phi) is 37.7. The zero-order valence-corrected chi connectivity index (χ0v) is 38.1. The van der Waals surface area contributed by atoms with Gasteiger partial charge in [-0.15, -0.1) is 0 Å². The molecule has 0 radical (unpaired) electrons. The van der Waals surface area contributed by atoms with Crippen molar-refractivity contribution in [3.63, 3.8) is 0 Å². The molecule has 2 atom stereocenters. The Balaban J connectivity index is 4.55. The Bertz CT molecular complexity index is 1260. The highest BCUT2D eigenvalue weighted by Gasteiger charge is 2.21. The number of phosphoric acid groups is 1. The fraction of sp³-hybridized carbons (Fsp3) is 0.667. The second-order valence-corrected chi connectivity index (χ2v) is 17.1. The molecule has 0 spiro atoms. The molecular formula is C48H82NO8P. The van der Waals surface area contributed by atoms with Crippen molar-refractivity contribution < 1.29 is 42.1 Å². The third-order valence-corrected chi connectivity index (χ3v) is 9.85. The summed E-state index contributed by atoms with van der Waals surface area (Å²) in [5.41, 5.74) is 0. The number of esters is 2. The van der Waals surface area contributed by atoms with Gasteiger partial charge in [0.05, 0.1) is 27.7 Å². The summed E-state index contributed by atoms with van der Waals surface area (Å²) in [6.45, 7) is 4.05. The Morgan fingerprint density at radius 2 is 0.931 bits per heavy atom. The van der Waals surface area contributed by atoms with Crippen molar-refractivity contribution in [1.29, 1.82) is 0 Å². The van der Waals surface area contributed by atoms with Crippen LogP contribution in [-0.4, -0.2) is 70.0 Å². The standard InChI is InChI=1S/C48H82NO8P/c1-6-8-10-12-14-16-18-20-22-24-26-28-30-32-34-36-38-40-47(50)54-44-46(45-56-58(52,53)55-43-42-49(3,4)5)57-48(51)41-39-37-35-33-31-29-27-25-23-21-19-17-15-13-11-9-7-2/h15,17,20-23,26-29,32-35,46H,6-14,16,18-19,24-25,30-31,36-45H2,1-5H3/b17-15+,22-20+,23-21+,28-26+,29-27+,34-32+,35-33+/t46-/m1/s1. The maximum Gasteiger partial charge on any atom is 0.306 e. The van der Waals surface area contributed by atoms with Crippen molar-refractivity contribution in [1.82, 2.24) is 0 Å². The molecule has 58 heavy (non-hydrogen) atoms. The Morgan fingerprint density at radius 1 is 0.534 bits per heavy atom. The van der Waals surface area contributed by atoms with Crippen LogP contribution < -0.4 is 4.89 Å². The van der Waals surface area contributed by atoms with E-state index >= 15 is 0 Å². The van der Waals surface area contributed by atoms with E-state index in [0.29, 0.717) is 30.3 Å². The van der Waals surface area contributed by atoms with E-state index in [1.54, 1.807) is 0 Å². The fourth-order valence-electron chi connectivity index (χ4n) is 5.37. The largest absolute Gasteiger partial charge is 0.756 e. The summed E-state index contributed by atoms with van der Waals surface area (Å²) < 4.78 is 33.8. The number of unbranched alkanes of at least 4 members (excludes halogenated alkanes) is 11. The molecule has 0 rings (SSSR count). The van der Waals surface area contributed by atoms with Crippen molar-refractivity contribution in [2.45, 2.75) is 161 Å². The number of carbonyl (C=O) groups excluding carboxylic acids is 2. The number of carbonyl (C=O) groups is 2. The summed E-state index contributed by atoms with van der Waals surface area (Å²) in [5, 5.41) is 0. The van der Waals surface area contributed by atoms with Gasteiger partial charge in [0.1, 0.15) is 19.8 Å². The molecule has 1 unspecified atom stereocenters. The van der Waals surface area contributed by atoms with Crippen LogP contribution in [0.5, 0.6) is 0 Å². The highest BCUT2D eigenvalue weighted by molar-refractivity contribution is 7.45. The zero-order valence-electron chi connectivity index (χ0n) is 37.2. The molecule has 9 nitrogen and oxygen atoms in total. The first-order valence-electron chi connectivity index (χ1n) is 22.3. The van der Waals surface area contributed by atoms with E-state index in [0.717, 1.165) is 51.4 Å². The Labute approximate surface area is 354 Å². The highest BCUT2D eigenvalue weighted by atomic mass is 31.2. The van der Waals surface area contributed by atoms with Crippen molar-refractivity contribution in [2.75, 3.05) is 47.5 Å². The number of nitrogens with zero attached hydrogens (tertiary/aromatic N) is 1. The summed E-state index contributed by atoms with van der Waals surface area (Å²) in [5.74, 6) is -0.970. The topological polar surface area (TPSA) is 111 Å². The predicted molar refractivity (Wildman–Crippen MR) is 240 cm³/mol. The molecule has 0 aliphatic heterocycles. The molecule has 0 amide bonds. The maximum atomic E-state index is 12.7. The van der Waals surface area contributed by atoms with Crippen LogP contribution in [0, 0.1) is 0 Å². The fourth-order valence-corrected chi connectivity index (χ4v) is 6.10. The van der Waals surface area contributed by atoms with E-state index in [-0.39, 0.29) is 26.1 Å². The number of phosphoric ester groups is 1. The van der Waals surface area contributed by atoms with E-state index in [9.17, 15) is 19.0 Å². The van der Waals surface area contributed by atoms with E-state index in [2.05, 4.69) is 92.8 Å². The lowest BCUT2D eigenvalue weighted by Crippen LogP contribution is -2.37. The normalized spacial score (nSPS) is 14.4. The van der Waals surface area contributed by atoms with Gasteiger partial charge in [-0.05, 0) is 83.5 Å². The van der Waals surface area contributed by atoms with Crippen LogP contribution in [-0.2, 0) is 32.7 Å². The van der Waals surface area contributed by atoms with Gasteiger partial charge in [0.25, 0.3) is 7.82 Å². The molecule has 0 aliphatic rings. The van der Waals surface area contributed by atoms with Gasteiger partial charge in [0, 0.05) is 12.8 Å². The van der Waals surface area contributed by atoms with E-state index in [1.165, 1.54) is 57.8 Å². The lowest BCUT2D eigenvalue weighted by molar-refractivity contribution is -0.870. The molecule has 0 saturated heterocycles. The van der Waals surface area contributed by atoms with Gasteiger partial charge in [-0.2, -0.15) is 0 Å². The van der Waals surface area contributed by atoms with Crippen molar-refractivity contribution in [3.8, 4) is 0 Å². The Hall–Kier alpha value is -2.81. The lowest BCUT2D eigenvalue weighted by Gasteiger charge is -2.28. The van der Waals surface area contributed by atoms with Gasteiger partial charge < -0.3 is 27.9 Å². The molecule has 0 aromatic carbocycles. The Morgan fingerprint density at radius 3 is 1.41 bits per heavy atom. The molecule has 0 aliphatic carbocycles. The van der Waals surface area contributed by atoms with Crippen LogP contribution in [0.2, 0.25) is 0 Å². The molecular weight excluding hydrogens is 750 g/mol. The van der Waals surface area contributed by atoms with Crippen molar-refractivity contribution >= 4 is 19.8 Å². The lowest BCUT2D eigenvalue weighted by atomic mass is 10.1. The molecule has 0 saturated carbocycles. The monoisotopic (exact) mass is 832 g/mol. The van der Waals surface area contributed by atoms with Crippen LogP contribution in [0.4, 0.5) is 0 Å². The number of ether oxygens (including phenoxy) is 2. The van der Waals surface area contributed by atoms with Gasteiger partial charge in [-0.3, -0.25) is 14.2 Å². The zero-order chi connectivity index (χ0) is 42.8. The molecule has 10 heteroatoms. The quantitative estimate of drug-likeness (QED) is 0.0198. The van der Waals surface area contributed by atoms with Gasteiger partial charge in [0.15, 0.2) is 6.10 Å². The van der Waals surface area contributed by atoms with Crippen LogP contribution in [0.1, 0.15) is 155 Å². The minimum absolute atomic E-state index is 0.0529. The number of allylic oxidation sites excluding steroid dienone is 14. The van der Waals surface area contributed by atoms with Gasteiger partial charge in [-0.1, -0.05) is 144 Å². The second-order valence-electron chi connectivity index (χ2n) is 15.7. The summed E-state index contributed by atoms with van der Waals surface area (Å²) in [7, 11) is 1.09. The number of hydrogen-bond donors (Lipinski definition) is 0. The van der Waals surface area contributed by atoms with Gasteiger partial charge >= 0.3 is 11.9 Å². The third-order valence-electron chi connectivity index (χ3n) is 8.89. The predicted octanol–water partition coefficient (Wildman–Crippen LogP) is 12.2. The summed E-state index contributed by atoms with van der Waals surface area (Å²) >= 11 is 0. The maximum absolute atomic E-state index is 12.7. The van der Waals surface area contributed by atoms with Crippen LogP contribution in [0.3, 0.4) is 0 Å². The average molecular weight is 832 g/mol. The molecule has 0 bridgehead atoms. The van der Waals surface area contributed by atoms with Crippen molar-refractivity contribution in [2.24, 2.45) is 0 Å². The molecule has 0 aromatic heterocycles. The van der Waals surface area contributed by atoms with E-state index < -0.39 is 32.5 Å². The highest BCUT2D eigenvalue weighted by Crippen LogP contribution is 2.38. The number of quaternary nitrogens is 1. The number of hydrogen-bond acceptors (Lipinski definition) is 8. The summed E-state index contributed by atoms with van der Waals surface area (Å²) in [6.07, 6.45) is 50.6. The SMILES string of the molecule is CCCCC/C=C/C/C=C/C/C=C/C/C=C/CCCC(=O)O[C@H](COC(=O)CCC/C=C/C/C=C/C/C=C/CCCCCCCC)COP(=O)([O-])OCC[N+](C)(C)C. The van der Waals surface area contributed by atoms with Crippen LogP contribution >= 0.6 is 7.82 Å². The van der Waals surface area contributed by atoms with E-state index in [1.807, 2.05) is 27.2 Å². The summed E-state index contributed by atoms with van der Waals surface area (Å²) in [4.78, 5) is 37.5.